The number of hydrogen-bond donors (Lipinski definition) is 1. The standard InChI is InChI=1S/C15H13ClN2O3/c1-2-21-15(20)10-5-3-6-11(9-10)17-14(19)12-7-4-8-13(16)18-12/h3-9H,2H2,1H3,(H,17,19). The second-order valence-corrected chi connectivity index (χ2v) is 4.49. The molecule has 1 amide bonds. The summed E-state index contributed by atoms with van der Waals surface area (Å²) in [6.07, 6.45) is 0. The zero-order valence-corrected chi connectivity index (χ0v) is 12.1. The molecule has 0 radical (unpaired) electrons. The number of amides is 1. The van der Waals surface area contributed by atoms with Crippen LogP contribution in [-0.4, -0.2) is 23.5 Å². The number of rotatable bonds is 4. The van der Waals surface area contributed by atoms with Gasteiger partial charge in [0.1, 0.15) is 10.8 Å². The van der Waals surface area contributed by atoms with E-state index in [2.05, 4.69) is 10.3 Å². The lowest BCUT2D eigenvalue weighted by atomic mass is 10.2. The predicted octanol–water partition coefficient (Wildman–Crippen LogP) is 3.16. The summed E-state index contributed by atoms with van der Waals surface area (Å²) < 4.78 is 4.91. The van der Waals surface area contributed by atoms with Gasteiger partial charge in [-0.15, -0.1) is 0 Å². The summed E-state index contributed by atoms with van der Waals surface area (Å²) in [6, 6.07) is 11.3. The fraction of sp³-hybridized carbons (Fsp3) is 0.133. The summed E-state index contributed by atoms with van der Waals surface area (Å²) in [7, 11) is 0. The van der Waals surface area contributed by atoms with Gasteiger partial charge in [-0.05, 0) is 37.3 Å². The highest BCUT2D eigenvalue weighted by Gasteiger charge is 2.11. The summed E-state index contributed by atoms with van der Waals surface area (Å²) >= 11 is 5.74. The number of halogens is 1. The Hall–Kier alpha value is -2.40. The van der Waals surface area contributed by atoms with E-state index in [1.807, 2.05) is 0 Å². The Morgan fingerprint density at radius 3 is 2.71 bits per heavy atom. The molecule has 1 aromatic carbocycles. The fourth-order valence-corrected chi connectivity index (χ4v) is 1.83. The summed E-state index contributed by atoms with van der Waals surface area (Å²) in [6.45, 7) is 2.02. The molecule has 0 atom stereocenters. The van der Waals surface area contributed by atoms with Crippen LogP contribution in [0.4, 0.5) is 5.69 Å². The Morgan fingerprint density at radius 2 is 2.00 bits per heavy atom. The Morgan fingerprint density at radius 1 is 1.24 bits per heavy atom. The molecule has 1 aromatic heterocycles. The summed E-state index contributed by atoms with van der Waals surface area (Å²) in [4.78, 5) is 27.6. The number of ether oxygens (including phenoxy) is 1. The van der Waals surface area contributed by atoms with Gasteiger partial charge in [0.2, 0.25) is 0 Å². The van der Waals surface area contributed by atoms with Crippen LogP contribution in [-0.2, 0) is 4.74 Å². The minimum Gasteiger partial charge on any atom is -0.462 e. The van der Waals surface area contributed by atoms with Crippen molar-refractivity contribution in [2.24, 2.45) is 0 Å². The Bertz CT molecular complexity index is 673. The third-order valence-electron chi connectivity index (χ3n) is 2.58. The lowest BCUT2D eigenvalue weighted by Crippen LogP contribution is -2.14. The maximum absolute atomic E-state index is 12.0. The highest BCUT2D eigenvalue weighted by atomic mass is 35.5. The summed E-state index contributed by atoms with van der Waals surface area (Å²) in [5.41, 5.74) is 1.05. The molecule has 0 aliphatic heterocycles. The van der Waals surface area contributed by atoms with Crippen molar-refractivity contribution in [2.45, 2.75) is 6.92 Å². The van der Waals surface area contributed by atoms with E-state index in [-0.39, 0.29) is 10.8 Å². The van der Waals surface area contributed by atoms with E-state index >= 15 is 0 Å². The van der Waals surface area contributed by atoms with E-state index in [9.17, 15) is 9.59 Å². The lowest BCUT2D eigenvalue weighted by Gasteiger charge is -2.07. The fourth-order valence-electron chi connectivity index (χ4n) is 1.67. The van der Waals surface area contributed by atoms with Gasteiger partial charge in [-0.3, -0.25) is 4.79 Å². The van der Waals surface area contributed by atoms with E-state index in [1.165, 1.54) is 0 Å². The molecule has 2 aromatic rings. The minimum atomic E-state index is -0.436. The molecule has 21 heavy (non-hydrogen) atoms. The molecule has 2 rings (SSSR count). The maximum Gasteiger partial charge on any atom is 0.338 e. The van der Waals surface area contributed by atoms with Gasteiger partial charge in [-0.25, -0.2) is 9.78 Å². The highest BCUT2D eigenvalue weighted by molar-refractivity contribution is 6.29. The molecule has 0 spiro atoms. The molecule has 0 saturated heterocycles. The molecule has 5 nitrogen and oxygen atoms in total. The SMILES string of the molecule is CCOC(=O)c1cccc(NC(=O)c2cccc(Cl)n2)c1. The molecule has 1 heterocycles. The van der Waals surface area contributed by atoms with Crippen LogP contribution in [0.3, 0.4) is 0 Å². The normalized spacial score (nSPS) is 10.0. The van der Waals surface area contributed by atoms with E-state index in [1.54, 1.807) is 49.4 Å². The number of aromatic nitrogens is 1. The van der Waals surface area contributed by atoms with Crippen LogP contribution in [0.2, 0.25) is 5.15 Å². The average Bonchev–Trinajstić information content (AvgIpc) is 2.48. The molecule has 6 heteroatoms. The van der Waals surface area contributed by atoms with Crippen LogP contribution in [0, 0.1) is 0 Å². The van der Waals surface area contributed by atoms with Crippen molar-refractivity contribution in [3.05, 3.63) is 58.9 Å². The van der Waals surface area contributed by atoms with Crippen LogP contribution in [0.25, 0.3) is 0 Å². The lowest BCUT2D eigenvalue weighted by molar-refractivity contribution is 0.0526. The first-order valence-electron chi connectivity index (χ1n) is 6.31. The number of pyridine rings is 1. The van der Waals surface area contributed by atoms with Crippen molar-refractivity contribution >= 4 is 29.2 Å². The van der Waals surface area contributed by atoms with Gasteiger partial charge >= 0.3 is 5.97 Å². The Kier molecular flexibility index (Phi) is 4.90. The quantitative estimate of drug-likeness (QED) is 0.696. The second-order valence-electron chi connectivity index (χ2n) is 4.10. The minimum absolute atomic E-state index is 0.198. The molecule has 0 aliphatic carbocycles. The first kappa shape index (κ1) is 15.0. The van der Waals surface area contributed by atoms with Crippen molar-refractivity contribution in [3.8, 4) is 0 Å². The van der Waals surface area contributed by atoms with Crippen molar-refractivity contribution in [1.29, 1.82) is 0 Å². The second kappa shape index (κ2) is 6.85. The molecule has 108 valence electrons. The van der Waals surface area contributed by atoms with Crippen molar-refractivity contribution in [1.82, 2.24) is 4.98 Å². The average molecular weight is 305 g/mol. The third-order valence-corrected chi connectivity index (χ3v) is 2.79. The molecule has 0 fully saturated rings. The topological polar surface area (TPSA) is 68.3 Å². The van der Waals surface area contributed by atoms with Gasteiger partial charge in [-0.2, -0.15) is 0 Å². The number of benzene rings is 1. The summed E-state index contributed by atoms with van der Waals surface area (Å²) in [5.74, 6) is -0.840. The highest BCUT2D eigenvalue weighted by Crippen LogP contribution is 2.13. The zero-order valence-electron chi connectivity index (χ0n) is 11.3. The molecule has 0 saturated carbocycles. The van der Waals surface area contributed by atoms with E-state index < -0.39 is 11.9 Å². The van der Waals surface area contributed by atoms with Crippen LogP contribution in [0.5, 0.6) is 0 Å². The Balaban J connectivity index is 2.14. The number of carbonyl (C=O) groups is 2. The maximum atomic E-state index is 12.0. The number of nitrogens with one attached hydrogen (secondary N) is 1. The number of esters is 1. The van der Waals surface area contributed by atoms with Gasteiger partial charge in [-0.1, -0.05) is 23.7 Å². The number of hydrogen-bond acceptors (Lipinski definition) is 4. The molecule has 0 aliphatic rings. The molecule has 0 bridgehead atoms. The van der Waals surface area contributed by atoms with Crippen LogP contribution in [0.1, 0.15) is 27.8 Å². The third kappa shape index (κ3) is 4.03. The van der Waals surface area contributed by atoms with Gasteiger partial charge in [0.05, 0.1) is 12.2 Å². The molecule has 0 unspecified atom stereocenters. The van der Waals surface area contributed by atoms with Gasteiger partial charge in [0.15, 0.2) is 0 Å². The first-order valence-corrected chi connectivity index (χ1v) is 6.69. The zero-order chi connectivity index (χ0) is 15.2. The summed E-state index contributed by atoms with van der Waals surface area (Å²) in [5, 5.41) is 2.89. The first-order chi connectivity index (χ1) is 10.1. The molecular weight excluding hydrogens is 292 g/mol. The van der Waals surface area contributed by atoms with Gasteiger partial charge in [0.25, 0.3) is 5.91 Å². The van der Waals surface area contributed by atoms with Crippen molar-refractivity contribution in [3.63, 3.8) is 0 Å². The van der Waals surface area contributed by atoms with Crippen molar-refractivity contribution in [2.75, 3.05) is 11.9 Å². The molecule has 1 N–H and O–H groups in total. The van der Waals surface area contributed by atoms with Crippen LogP contribution in [0.15, 0.2) is 42.5 Å². The monoisotopic (exact) mass is 304 g/mol. The predicted molar refractivity (Wildman–Crippen MR) is 79.6 cm³/mol. The van der Waals surface area contributed by atoms with E-state index in [0.717, 1.165) is 0 Å². The smallest absolute Gasteiger partial charge is 0.338 e. The van der Waals surface area contributed by atoms with Crippen molar-refractivity contribution < 1.29 is 14.3 Å². The number of nitrogens with zero attached hydrogens (tertiary/aromatic N) is 1. The largest absolute Gasteiger partial charge is 0.462 e. The van der Waals surface area contributed by atoms with Crippen LogP contribution >= 0.6 is 11.6 Å². The Labute approximate surface area is 126 Å². The van der Waals surface area contributed by atoms with E-state index in [0.29, 0.717) is 17.9 Å². The van der Waals surface area contributed by atoms with E-state index in [4.69, 9.17) is 16.3 Å². The van der Waals surface area contributed by atoms with Crippen LogP contribution < -0.4 is 5.32 Å². The number of anilines is 1. The number of carbonyl (C=O) groups excluding carboxylic acids is 2. The van der Waals surface area contributed by atoms with Gasteiger partial charge in [0, 0.05) is 5.69 Å². The van der Waals surface area contributed by atoms with Gasteiger partial charge < -0.3 is 10.1 Å². The molecular formula is C15H13ClN2O3.